The van der Waals surface area contributed by atoms with Gasteiger partial charge in [0, 0.05) is 6.04 Å². The van der Waals surface area contributed by atoms with E-state index in [9.17, 15) is 8.42 Å². The topological polar surface area (TPSA) is 111 Å². The molecule has 102 valence electrons. The number of aromatic nitrogens is 2. The molecule has 1 heterocycles. The number of hydrogen-bond donors (Lipinski definition) is 2. The van der Waals surface area contributed by atoms with Gasteiger partial charge < -0.3 is 10.3 Å². The van der Waals surface area contributed by atoms with Crippen molar-refractivity contribution in [2.24, 2.45) is 5.73 Å². The highest BCUT2D eigenvalue weighted by atomic mass is 32.2. The van der Waals surface area contributed by atoms with Crippen LogP contribution in [-0.4, -0.2) is 18.6 Å². The van der Waals surface area contributed by atoms with E-state index >= 15 is 0 Å². The maximum Gasteiger partial charge on any atom is 0.335 e. The number of sulfonamides is 1. The van der Waals surface area contributed by atoms with Gasteiger partial charge in [0.05, 0.1) is 4.90 Å². The molecule has 2 aromatic rings. The highest BCUT2D eigenvalue weighted by Gasteiger charge is 2.18. The van der Waals surface area contributed by atoms with Gasteiger partial charge in [-0.05, 0) is 31.5 Å². The third-order valence-corrected chi connectivity index (χ3v) is 3.76. The molecule has 0 saturated heterocycles. The Labute approximate surface area is 110 Å². The van der Waals surface area contributed by atoms with E-state index in [1.165, 1.54) is 12.1 Å². The van der Waals surface area contributed by atoms with Gasteiger partial charge in [0.2, 0.25) is 0 Å². The molecule has 1 unspecified atom stereocenters. The summed E-state index contributed by atoms with van der Waals surface area (Å²) in [4.78, 5) is 3.88. The summed E-state index contributed by atoms with van der Waals surface area (Å²) in [6, 6.07) is 5.96. The van der Waals surface area contributed by atoms with Crippen molar-refractivity contribution in [3.05, 3.63) is 35.7 Å². The quantitative estimate of drug-likeness (QED) is 0.871. The third kappa shape index (κ3) is 3.09. The van der Waals surface area contributed by atoms with Gasteiger partial charge in [-0.3, -0.25) is 0 Å². The summed E-state index contributed by atoms with van der Waals surface area (Å²) >= 11 is 0. The number of nitrogens with one attached hydrogen (secondary N) is 1. The molecule has 1 aromatic heterocycles. The maximum atomic E-state index is 12.1. The van der Waals surface area contributed by atoms with Gasteiger partial charge in [0.25, 0.3) is 10.0 Å². The van der Waals surface area contributed by atoms with Crippen molar-refractivity contribution in [1.82, 2.24) is 10.1 Å². The first kappa shape index (κ1) is 13.5. The number of rotatable bonds is 4. The molecule has 1 aromatic carbocycles. The Balaban J connectivity index is 2.31. The fourth-order valence-corrected chi connectivity index (χ4v) is 2.46. The summed E-state index contributed by atoms with van der Waals surface area (Å²) in [5, 5.41) is 3.51. The van der Waals surface area contributed by atoms with E-state index in [-0.39, 0.29) is 17.0 Å². The second-order valence-corrected chi connectivity index (χ2v) is 5.80. The molecule has 0 bridgehead atoms. The summed E-state index contributed by atoms with van der Waals surface area (Å²) in [6.07, 6.45) is 0. The van der Waals surface area contributed by atoms with Gasteiger partial charge in [-0.15, -0.1) is 0 Å². The van der Waals surface area contributed by atoms with Gasteiger partial charge in [-0.2, -0.15) is 4.98 Å². The largest absolute Gasteiger partial charge is 0.335 e. The lowest BCUT2D eigenvalue weighted by atomic mass is 10.1. The van der Waals surface area contributed by atoms with E-state index in [4.69, 9.17) is 10.3 Å². The van der Waals surface area contributed by atoms with E-state index in [1.54, 1.807) is 26.0 Å². The van der Waals surface area contributed by atoms with E-state index in [0.717, 1.165) is 5.56 Å². The van der Waals surface area contributed by atoms with Gasteiger partial charge in [0.1, 0.15) is 0 Å². The number of anilines is 1. The molecule has 0 spiro atoms. The Morgan fingerprint density at radius 3 is 2.74 bits per heavy atom. The smallest absolute Gasteiger partial charge is 0.324 e. The Morgan fingerprint density at radius 1 is 1.42 bits per heavy atom. The van der Waals surface area contributed by atoms with Crippen LogP contribution in [0, 0.1) is 6.92 Å². The summed E-state index contributed by atoms with van der Waals surface area (Å²) in [5.41, 5.74) is 6.45. The minimum absolute atomic E-state index is 0.0955. The molecular formula is C11H14N4O3S. The fraction of sp³-hybridized carbons (Fsp3) is 0.273. The summed E-state index contributed by atoms with van der Waals surface area (Å²) < 4.78 is 31.1. The molecule has 8 heteroatoms. The fourth-order valence-electron chi connectivity index (χ4n) is 1.48. The highest BCUT2D eigenvalue weighted by molar-refractivity contribution is 7.92. The van der Waals surface area contributed by atoms with E-state index in [1.807, 2.05) is 0 Å². The molecule has 0 radical (unpaired) electrons. The summed E-state index contributed by atoms with van der Waals surface area (Å²) in [7, 11) is -3.76. The van der Waals surface area contributed by atoms with Crippen molar-refractivity contribution in [2.45, 2.75) is 24.8 Å². The molecule has 0 aliphatic carbocycles. The van der Waals surface area contributed by atoms with E-state index in [2.05, 4.69) is 14.9 Å². The number of nitrogens with two attached hydrogens (primary N) is 1. The molecule has 3 N–H and O–H groups in total. The lowest BCUT2D eigenvalue weighted by molar-refractivity contribution is 0.429. The van der Waals surface area contributed by atoms with E-state index in [0.29, 0.717) is 5.82 Å². The monoisotopic (exact) mass is 282 g/mol. The van der Waals surface area contributed by atoms with Crippen molar-refractivity contribution < 1.29 is 12.9 Å². The molecule has 1 atom stereocenters. The first-order valence-electron chi connectivity index (χ1n) is 5.57. The van der Waals surface area contributed by atoms with Crippen LogP contribution in [0.1, 0.15) is 24.4 Å². The van der Waals surface area contributed by atoms with Gasteiger partial charge in [-0.25, -0.2) is 13.1 Å². The molecule has 2 rings (SSSR count). The zero-order chi connectivity index (χ0) is 14.0. The van der Waals surface area contributed by atoms with Gasteiger partial charge >= 0.3 is 6.01 Å². The molecule has 0 aliphatic heterocycles. The van der Waals surface area contributed by atoms with Crippen LogP contribution in [0.25, 0.3) is 0 Å². The number of hydrogen-bond acceptors (Lipinski definition) is 6. The van der Waals surface area contributed by atoms with Crippen LogP contribution < -0.4 is 10.5 Å². The average molecular weight is 282 g/mol. The second kappa shape index (κ2) is 4.98. The second-order valence-electron chi connectivity index (χ2n) is 4.11. The summed E-state index contributed by atoms with van der Waals surface area (Å²) in [6.45, 7) is 3.37. The molecule has 7 nitrogen and oxygen atoms in total. The minimum atomic E-state index is -3.76. The van der Waals surface area contributed by atoms with Crippen LogP contribution in [0.5, 0.6) is 0 Å². The third-order valence-electron chi connectivity index (χ3n) is 2.44. The summed E-state index contributed by atoms with van der Waals surface area (Å²) in [5.74, 6) is 0.349. The Hall–Kier alpha value is -1.93. The Bertz CT molecular complexity index is 679. The molecule has 0 amide bonds. The highest BCUT2D eigenvalue weighted by Crippen LogP contribution is 2.18. The van der Waals surface area contributed by atoms with Gasteiger partial charge in [-0.1, -0.05) is 17.3 Å². The maximum absolute atomic E-state index is 12.1. The predicted molar refractivity (Wildman–Crippen MR) is 68.9 cm³/mol. The van der Waals surface area contributed by atoms with Crippen molar-refractivity contribution in [3.63, 3.8) is 0 Å². The van der Waals surface area contributed by atoms with Crippen molar-refractivity contribution in [1.29, 1.82) is 0 Å². The zero-order valence-electron chi connectivity index (χ0n) is 10.5. The van der Waals surface area contributed by atoms with Crippen molar-refractivity contribution in [2.75, 3.05) is 4.72 Å². The number of benzene rings is 1. The molecule has 0 aliphatic rings. The molecule has 19 heavy (non-hydrogen) atoms. The van der Waals surface area contributed by atoms with Crippen LogP contribution in [0.4, 0.5) is 6.01 Å². The van der Waals surface area contributed by atoms with Crippen LogP contribution in [-0.2, 0) is 10.0 Å². The lowest BCUT2D eigenvalue weighted by Gasteiger charge is -2.08. The van der Waals surface area contributed by atoms with E-state index < -0.39 is 10.0 Å². The first-order valence-corrected chi connectivity index (χ1v) is 7.05. The number of nitrogens with zero attached hydrogens (tertiary/aromatic N) is 2. The van der Waals surface area contributed by atoms with Crippen molar-refractivity contribution >= 4 is 16.0 Å². The zero-order valence-corrected chi connectivity index (χ0v) is 11.3. The van der Waals surface area contributed by atoms with Crippen LogP contribution in [0.15, 0.2) is 33.7 Å². The SMILES string of the molecule is Cc1noc(NS(=O)(=O)c2cccc(C(C)N)c2)n1. The van der Waals surface area contributed by atoms with Gasteiger partial charge in [0.15, 0.2) is 5.82 Å². The molecule has 0 fully saturated rings. The van der Waals surface area contributed by atoms with Crippen LogP contribution in [0.2, 0.25) is 0 Å². The number of aryl methyl sites for hydroxylation is 1. The standard InChI is InChI=1S/C11H14N4O3S/c1-7(12)9-4-3-5-10(6-9)19(16,17)15-11-13-8(2)14-18-11/h3-7H,12H2,1-2H3,(H,13,14,15). The average Bonchev–Trinajstić information content (AvgIpc) is 2.74. The Kier molecular flexibility index (Phi) is 3.54. The first-order chi connectivity index (χ1) is 8.88. The normalized spacial score (nSPS) is 13.2. The lowest BCUT2D eigenvalue weighted by Crippen LogP contribution is -2.14. The van der Waals surface area contributed by atoms with Crippen LogP contribution >= 0.6 is 0 Å². The molecule has 0 saturated carbocycles. The minimum Gasteiger partial charge on any atom is -0.324 e. The van der Waals surface area contributed by atoms with Crippen LogP contribution in [0.3, 0.4) is 0 Å². The van der Waals surface area contributed by atoms with Crippen molar-refractivity contribution in [3.8, 4) is 0 Å². The molecular weight excluding hydrogens is 268 g/mol. The predicted octanol–water partition coefficient (Wildman–Crippen LogP) is 1.20. The Morgan fingerprint density at radius 2 is 2.16 bits per heavy atom.